The van der Waals surface area contributed by atoms with Crippen LogP contribution in [0.3, 0.4) is 0 Å². The van der Waals surface area contributed by atoms with Crippen molar-refractivity contribution in [3.63, 3.8) is 0 Å². The lowest BCUT2D eigenvalue weighted by Gasteiger charge is -2.21. The lowest BCUT2D eigenvalue weighted by Crippen LogP contribution is -2.11. The predicted molar refractivity (Wildman–Crippen MR) is 228 cm³/mol. The van der Waals surface area contributed by atoms with Gasteiger partial charge in [0.15, 0.2) is 5.58 Å². The highest BCUT2D eigenvalue weighted by molar-refractivity contribution is 6.13. The van der Waals surface area contributed by atoms with Crippen LogP contribution in [-0.4, -0.2) is 19.5 Å². The molecule has 0 unspecified atom stereocenters. The first kappa shape index (κ1) is 31.5. The number of aromatic nitrogens is 4. The van der Waals surface area contributed by atoms with Gasteiger partial charge in [-0.2, -0.15) is 0 Å². The number of fused-ring (bicyclic) bond motifs is 8. The maximum absolute atomic E-state index is 6.42. The fourth-order valence-electron chi connectivity index (χ4n) is 8.41. The van der Waals surface area contributed by atoms with Crippen LogP contribution in [0, 0.1) is 0 Å². The minimum atomic E-state index is -0.0834. The molecule has 0 radical (unpaired) electrons. The number of pyridine rings is 1. The number of imidazole rings is 1. The number of hydrogen-bond donors (Lipinski definition) is 1. The zero-order valence-corrected chi connectivity index (χ0v) is 30.8. The van der Waals surface area contributed by atoms with Gasteiger partial charge < -0.3 is 9.40 Å². The van der Waals surface area contributed by atoms with Gasteiger partial charge in [0.25, 0.3) is 0 Å². The van der Waals surface area contributed by atoms with E-state index in [0.717, 1.165) is 83.5 Å². The van der Waals surface area contributed by atoms with Gasteiger partial charge in [-0.05, 0) is 70.5 Å². The summed E-state index contributed by atoms with van der Waals surface area (Å²) in [7, 11) is 0. The maximum Gasteiger partial charge on any atom is 0.161 e. The quantitative estimate of drug-likeness (QED) is 0.198. The Morgan fingerprint density at radius 1 is 0.600 bits per heavy atom. The normalized spacial score (nSPS) is 12.3. The van der Waals surface area contributed by atoms with Crippen molar-refractivity contribution in [1.82, 2.24) is 19.5 Å². The lowest BCUT2D eigenvalue weighted by molar-refractivity contribution is 0.591. The summed E-state index contributed by atoms with van der Waals surface area (Å²) in [6, 6.07) is 53.8. The second-order valence-corrected chi connectivity index (χ2v) is 15.5. The summed E-state index contributed by atoms with van der Waals surface area (Å²) in [4.78, 5) is 14.3. The van der Waals surface area contributed by atoms with E-state index in [9.17, 15) is 0 Å². The van der Waals surface area contributed by atoms with Gasteiger partial charge in [-0.25, -0.2) is 4.98 Å². The largest absolute Gasteiger partial charge is 0.454 e. The number of benzene rings is 7. The molecule has 0 atom stereocenters. The first-order valence-electron chi connectivity index (χ1n) is 18.8. The molecule has 4 aromatic heterocycles. The molecule has 55 heavy (non-hydrogen) atoms. The highest BCUT2D eigenvalue weighted by Crippen LogP contribution is 2.43. The SMILES string of the molecule is CC(C)(C)c1cc(-c2nc3c(-c4cccc(-c5nccc6c5oc5ccccc56)c4)cccc3n2-c2cccc3ccccc23)c2[nH]c3ccccc3c2c1. The van der Waals surface area contributed by atoms with Gasteiger partial charge >= 0.3 is 0 Å². The Kier molecular flexibility index (Phi) is 6.74. The van der Waals surface area contributed by atoms with E-state index >= 15 is 0 Å². The van der Waals surface area contributed by atoms with Gasteiger partial charge in [-0.15, -0.1) is 0 Å². The molecule has 5 nitrogen and oxygen atoms in total. The number of furan rings is 1. The summed E-state index contributed by atoms with van der Waals surface area (Å²) in [6.45, 7) is 6.85. The van der Waals surface area contributed by atoms with E-state index < -0.39 is 0 Å². The molecule has 4 heterocycles. The molecule has 11 aromatic rings. The van der Waals surface area contributed by atoms with Crippen LogP contribution in [-0.2, 0) is 5.41 Å². The molecule has 0 spiro atoms. The highest BCUT2D eigenvalue weighted by atomic mass is 16.3. The summed E-state index contributed by atoms with van der Waals surface area (Å²) in [5.41, 5.74) is 13.1. The molecule has 0 fully saturated rings. The van der Waals surface area contributed by atoms with Gasteiger partial charge in [0.1, 0.15) is 17.1 Å². The van der Waals surface area contributed by atoms with E-state index in [4.69, 9.17) is 14.4 Å². The Bertz CT molecular complexity index is 3310. The minimum absolute atomic E-state index is 0.0834. The Morgan fingerprint density at radius 2 is 1.35 bits per heavy atom. The molecule has 262 valence electrons. The van der Waals surface area contributed by atoms with E-state index in [1.165, 1.54) is 27.1 Å². The molecule has 0 bridgehead atoms. The number of rotatable bonds is 4. The summed E-state index contributed by atoms with van der Waals surface area (Å²) >= 11 is 0. The van der Waals surface area contributed by atoms with Gasteiger partial charge in [0.2, 0.25) is 0 Å². The van der Waals surface area contributed by atoms with Crippen LogP contribution in [0.2, 0.25) is 0 Å². The van der Waals surface area contributed by atoms with E-state index in [2.05, 4.69) is 158 Å². The van der Waals surface area contributed by atoms with Crippen molar-refractivity contribution in [2.24, 2.45) is 0 Å². The summed E-state index contributed by atoms with van der Waals surface area (Å²) in [5.74, 6) is 0.895. The van der Waals surface area contributed by atoms with E-state index in [0.29, 0.717) is 0 Å². The van der Waals surface area contributed by atoms with Crippen LogP contribution in [0.5, 0.6) is 0 Å². The first-order valence-corrected chi connectivity index (χ1v) is 18.8. The molecule has 11 rings (SSSR count). The van der Waals surface area contributed by atoms with Crippen molar-refractivity contribution in [2.45, 2.75) is 26.2 Å². The van der Waals surface area contributed by atoms with Crippen LogP contribution >= 0.6 is 0 Å². The molecule has 1 N–H and O–H groups in total. The first-order chi connectivity index (χ1) is 26.9. The smallest absolute Gasteiger partial charge is 0.161 e. The second-order valence-electron chi connectivity index (χ2n) is 15.5. The number of hydrogen-bond acceptors (Lipinski definition) is 3. The third kappa shape index (κ3) is 4.86. The molecule has 0 aliphatic rings. The highest BCUT2D eigenvalue weighted by Gasteiger charge is 2.25. The van der Waals surface area contributed by atoms with Crippen molar-refractivity contribution in [1.29, 1.82) is 0 Å². The Hall–Kier alpha value is -6.98. The van der Waals surface area contributed by atoms with Crippen molar-refractivity contribution in [3.8, 4) is 39.5 Å². The molecule has 7 aromatic carbocycles. The fourth-order valence-corrected chi connectivity index (χ4v) is 8.41. The van der Waals surface area contributed by atoms with Crippen molar-refractivity contribution in [3.05, 3.63) is 163 Å². The van der Waals surface area contributed by atoms with Crippen molar-refractivity contribution < 1.29 is 4.42 Å². The minimum Gasteiger partial charge on any atom is -0.454 e. The molecule has 0 aliphatic carbocycles. The molecule has 0 aliphatic heterocycles. The van der Waals surface area contributed by atoms with E-state index in [1.807, 2.05) is 30.5 Å². The third-order valence-corrected chi connectivity index (χ3v) is 11.2. The van der Waals surface area contributed by atoms with Gasteiger partial charge in [0.05, 0.1) is 22.2 Å². The zero-order valence-electron chi connectivity index (χ0n) is 30.8. The average molecular weight is 709 g/mol. The summed E-state index contributed by atoms with van der Waals surface area (Å²) < 4.78 is 8.78. The number of H-pyrrole nitrogens is 1. The van der Waals surface area contributed by atoms with Gasteiger partial charge in [-0.1, -0.05) is 124 Å². The third-order valence-electron chi connectivity index (χ3n) is 11.2. The molecular weight excluding hydrogens is 673 g/mol. The van der Waals surface area contributed by atoms with Crippen molar-refractivity contribution in [2.75, 3.05) is 0 Å². The molecule has 5 heteroatoms. The Morgan fingerprint density at radius 3 is 2.24 bits per heavy atom. The van der Waals surface area contributed by atoms with Crippen molar-refractivity contribution >= 4 is 65.6 Å². The Labute approximate surface area is 317 Å². The van der Waals surface area contributed by atoms with Gasteiger partial charge in [0, 0.05) is 55.3 Å². The van der Waals surface area contributed by atoms with E-state index in [-0.39, 0.29) is 5.41 Å². The Balaban J connectivity index is 1.20. The van der Waals surface area contributed by atoms with Crippen LogP contribution in [0.25, 0.3) is 105 Å². The number of aromatic amines is 1. The van der Waals surface area contributed by atoms with Crippen LogP contribution in [0.15, 0.2) is 162 Å². The standard InChI is InChI=1S/C50H36N4O/c1-50(2,3)33-28-39-36-18-6-8-21-41(36)52-46(39)40(29-33)49-53-47-35(20-12-23-43(47)54(49)42-22-11-14-30-13-4-5-17-34(30)42)31-15-10-16-32(27-31)45-48-38(25-26-51-45)37-19-7-9-24-44(37)55-48/h4-29,52H,1-3H3. The van der Waals surface area contributed by atoms with Crippen LogP contribution < -0.4 is 0 Å². The summed E-state index contributed by atoms with van der Waals surface area (Å²) in [5, 5.41) is 6.92. The van der Waals surface area contributed by atoms with E-state index in [1.54, 1.807) is 0 Å². The second kappa shape index (κ2) is 11.8. The molecule has 0 saturated carbocycles. The van der Waals surface area contributed by atoms with Gasteiger partial charge in [-0.3, -0.25) is 9.55 Å². The molecule has 0 amide bonds. The zero-order chi connectivity index (χ0) is 36.8. The molecular formula is C50H36N4O. The predicted octanol–water partition coefficient (Wildman–Crippen LogP) is 13.4. The fraction of sp³-hybridized carbons (Fsp3) is 0.0800. The number of nitrogens with one attached hydrogen (secondary N) is 1. The lowest BCUT2D eigenvalue weighted by atomic mass is 9.85. The maximum atomic E-state index is 6.42. The summed E-state index contributed by atoms with van der Waals surface area (Å²) in [6.07, 6.45) is 1.88. The number of nitrogens with zero attached hydrogens (tertiary/aromatic N) is 3. The molecule has 0 saturated heterocycles. The van der Waals surface area contributed by atoms with Crippen LogP contribution in [0.1, 0.15) is 26.3 Å². The number of para-hydroxylation sites is 3. The topological polar surface area (TPSA) is 59.6 Å². The average Bonchev–Trinajstić information content (AvgIpc) is 3.91. The van der Waals surface area contributed by atoms with Crippen LogP contribution in [0.4, 0.5) is 0 Å². The monoisotopic (exact) mass is 708 g/mol.